The molecule has 0 spiro atoms. The third-order valence-corrected chi connectivity index (χ3v) is 4.75. The molecule has 1 aliphatic heterocycles. The van der Waals surface area contributed by atoms with Crippen LogP contribution in [0.3, 0.4) is 0 Å². The van der Waals surface area contributed by atoms with Crippen LogP contribution in [0.25, 0.3) is 0 Å². The minimum Gasteiger partial charge on any atom is -0.381 e. The van der Waals surface area contributed by atoms with Crippen LogP contribution in [0.1, 0.15) is 60.3 Å². The first kappa shape index (κ1) is 18.9. The van der Waals surface area contributed by atoms with Gasteiger partial charge in [0.2, 0.25) is 0 Å². The Kier molecular flexibility index (Phi) is 8.84. The summed E-state index contributed by atoms with van der Waals surface area (Å²) in [7, 11) is 0. The van der Waals surface area contributed by atoms with E-state index in [2.05, 4.69) is 44.8 Å². The molecule has 3 heteroatoms. The van der Waals surface area contributed by atoms with E-state index >= 15 is 0 Å². The van der Waals surface area contributed by atoms with Gasteiger partial charge in [-0.05, 0) is 38.1 Å². The minimum absolute atomic E-state index is 0.311. The highest BCUT2D eigenvalue weighted by Crippen LogP contribution is 2.31. The molecule has 1 heterocycles. The summed E-state index contributed by atoms with van der Waals surface area (Å²) >= 11 is 0. The Labute approximate surface area is 132 Å². The van der Waals surface area contributed by atoms with Crippen molar-refractivity contribution in [2.75, 3.05) is 39.4 Å². The molecule has 0 amide bonds. The zero-order valence-corrected chi connectivity index (χ0v) is 15.1. The predicted octanol–water partition coefficient (Wildman–Crippen LogP) is 3.54. The average molecular weight is 299 g/mol. The van der Waals surface area contributed by atoms with Gasteiger partial charge in [0.1, 0.15) is 0 Å². The molecule has 0 radical (unpaired) electrons. The monoisotopic (exact) mass is 298 g/mol. The topological polar surface area (TPSA) is 24.5 Å². The van der Waals surface area contributed by atoms with Crippen LogP contribution >= 0.6 is 0 Å². The Hall–Kier alpha value is -0.120. The van der Waals surface area contributed by atoms with Crippen LogP contribution in [0.15, 0.2) is 0 Å². The third-order valence-electron chi connectivity index (χ3n) is 4.75. The molecule has 0 aliphatic carbocycles. The number of nitrogens with one attached hydrogen (secondary N) is 1. The quantitative estimate of drug-likeness (QED) is 0.667. The Balaban J connectivity index is 2.78. The Morgan fingerprint density at radius 2 is 1.90 bits per heavy atom. The summed E-state index contributed by atoms with van der Waals surface area (Å²) in [6.07, 6.45) is 5.02. The lowest BCUT2D eigenvalue weighted by molar-refractivity contribution is -0.0354. The van der Waals surface area contributed by atoms with E-state index in [0.717, 1.165) is 32.2 Å². The second-order valence-corrected chi connectivity index (χ2v) is 7.23. The summed E-state index contributed by atoms with van der Waals surface area (Å²) in [5.41, 5.74) is 0.311. The van der Waals surface area contributed by atoms with Crippen LogP contribution in [0.4, 0.5) is 0 Å². The third kappa shape index (κ3) is 6.25. The van der Waals surface area contributed by atoms with Gasteiger partial charge in [0.25, 0.3) is 0 Å². The molecular formula is C18H38N2O. The fraction of sp³-hybridized carbons (Fsp3) is 1.00. The second kappa shape index (κ2) is 9.81. The zero-order chi connectivity index (χ0) is 15.7. The van der Waals surface area contributed by atoms with Crippen LogP contribution in [-0.2, 0) is 4.74 Å². The van der Waals surface area contributed by atoms with Crippen molar-refractivity contribution in [2.45, 2.75) is 66.3 Å². The number of hydrogen-bond donors (Lipinski definition) is 1. The molecule has 21 heavy (non-hydrogen) atoms. The van der Waals surface area contributed by atoms with Gasteiger partial charge >= 0.3 is 0 Å². The van der Waals surface area contributed by atoms with Gasteiger partial charge in [0.15, 0.2) is 0 Å². The summed E-state index contributed by atoms with van der Waals surface area (Å²) in [6.45, 7) is 17.9. The Morgan fingerprint density at radius 3 is 2.38 bits per heavy atom. The number of nitrogens with zero attached hydrogens (tertiary/aromatic N) is 1. The van der Waals surface area contributed by atoms with E-state index in [-0.39, 0.29) is 0 Å². The van der Waals surface area contributed by atoms with Crippen LogP contribution in [0, 0.1) is 11.3 Å². The van der Waals surface area contributed by atoms with E-state index in [0.29, 0.717) is 11.5 Å². The summed E-state index contributed by atoms with van der Waals surface area (Å²) in [4.78, 5) is 2.75. The van der Waals surface area contributed by atoms with E-state index in [1.54, 1.807) is 0 Å². The molecule has 0 saturated carbocycles. The fourth-order valence-corrected chi connectivity index (χ4v) is 3.67. The smallest absolute Gasteiger partial charge is 0.0546 e. The summed E-state index contributed by atoms with van der Waals surface area (Å²) in [5, 5.41) is 3.59. The van der Waals surface area contributed by atoms with E-state index in [1.165, 1.54) is 38.8 Å². The van der Waals surface area contributed by atoms with Gasteiger partial charge in [-0.3, -0.25) is 4.90 Å². The predicted molar refractivity (Wildman–Crippen MR) is 91.8 cm³/mol. The number of hydrogen-bond acceptors (Lipinski definition) is 3. The summed E-state index contributed by atoms with van der Waals surface area (Å²) < 4.78 is 5.87. The van der Waals surface area contributed by atoms with Gasteiger partial charge in [0, 0.05) is 37.7 Å². The van der Waals surface area contributed by atoms with Crippen molar-refractivity contribution < 1.29 is 4.74 Å². The lowest BCUT2D eigenvalue weighted by Gasteiger charge is -2.44. The van der Waals surface area contributed by atoms with Crippen molar-refractivity contribution in [3.8, 4) is 0 Å². The Morgan fingerprint density at radius 1 is 1.19 bits per heavy atom. The van der Waals surface area contributed by atoms with Gasteiger partial charge in [0.05, 0.1) is 6.61 Å². The molecule has 1 fully saturated rings. The van der Waals surface area contributed by atoms with Gasteiger partial charge in [-0.25, -0.2) is 0 Å². The van der Waals surface area contributed by atoms with E-state index in [9.17, 15) is 0 Å². The van der Waals surface area contributed by atoms with Crippen molar-refractivity contribution in [1.29, 1.82) is 0 Å². The normalized spacial score (nSPS) is 23.4. The number of rotatable bonds is 10. The zero-order valence-electron chi connectivity index (χ0n) is 15.1. The van der Waals surface area contributed by atoms with Crippen LogP contribution in [-0.4, -0.2) is 50.3 Å². The van der Waals surface area contributed by atoms with Gasteiger partial charge in [-0.1, -0.05) is 34.6 Å². The van der Waals surface area contributed by atoms with Gasteiger partial charge < -0.3 is 10.1 Å². The van der Waals surface area contributed by atoms with Crippen molar-refractivity contribution in [3.05, 3.63) is 0 Å². The molecule has 0 aromatic carbocycles. The van der Waals surface area contributed by atoms with E-state index < -0.39 is 0 Å². The molecule has 1 unspecified atom stereocenters. The van der Waals surface area contributed by atoms with Crippen LogP contribution < -0.4 is 5.32 Å². The van der Waals surface area contributed by atoms with Crippen molar-refractivity contribution in [2.24, 2.45) is 11.3 Å². The molecule has 1 N–H and O–H groups in total. The number of ether oxygens (including phenoxy) is 1. The summed E-state index contributed by atoms with van der Waals surface area (Å²) in [6, 6.07) is 0.716. The fourth-order valence-electron chi connectivity index (χ4n) is 3.67. The maximum absolute atomic E-state index is 5.87. The lowest BCUT2D eigenvalue weighted by atomic mass is 9.81. The highest BCUT2D eigenvalue weighted by molar-refractivity contribution is 4.89. The average Bonchev–Trinajstić information content (AvgIpc) is 2.47. The molecule has 1 saturated heterocycles. The summed E-state index contributed by atoms with van der Waals surface area (Å²) in [5.74, 6) is 0.728. The van der Waals surface area contributed by atoms with Gasteiger partial charge in [-0.2, -0.15) is 0 Å². The van der Waals surface area contributed by atoms with Crippen molar-refractivity contribution in [1.82, 2.24) is 10.2 Å². The molecule has 1 rings (SSSR count). The van der Waals surface area contributed by atoms with Crippen LogP contribution in [0.2, 0.25) is 0 Å². The van der Waals surface area contributed by atoms with E-state index in [1.807, 2.05) is 0 Å². The van der Waals surface area contributed by atoms with Gasteiger partial charge in [-0.15, -0.1) is 0 Å². The highest BCUT2D eigenvalue weighted by Gasteiger charge is 2.35. The standard InChI is InChI=1S/C18H38N2O/c1-6-17(7-2)20(12-16(4)5)14-18(13-19-8-3)10-9-11-21-15-18/h16-17,19H,6-15H2,1-5H3. The maximum Gasteiger partial charge on any atom is 0.0546 e. The lowest BCUT2D eigenvalue weighted by Crippen LogP contribution is -2.52. The first-order valence-corrected chi connectivity index (χ1v) is 9.09. The SMILES string of the molecule is CCNCC1(CN(CC(C)C)C(CC)CC)CCCOC1. The maximum atomic E-state index is 5.87. The molecule has 1 aliphatic rings. The largest absolute Gasteiger partial charge is 0.381 e. The van der Waals surface area contributed by atoms with Crippen LogP contribution in [0.5, 0.6) is 0 Å². The highest BCUT2D eigenvalue weighted by atomic mass is 16.5. The molecule has 0 aromatic heterocycles. The second-order valence-electron chi connectivity index (χ2n) is 7.23. The minimum atomic E-state index is 0.311. The Bertz CT molecular complexity index is 258. The molecule has 0 bridgehead atoms. The molecule has 0 aromatic rings. The molecule has 126 valence electrons. The van der Waals surface area contributed by atoms with Crippen molar-refractivity contribution >= 4 is 0 Å². The molecular weight excluding hydrogens is 260 g/mol. The first-order chi connectivity index (χ1) is 10.1. The molecule has 1 atom stereocenters. The first-order valence-electron chi connectivity index (χ1n) is 9.09. The van der Waals surface area contributed by atoms with Crippen molar-refractivity contribution in [3.63, 3.8) is 0 Å². The van der Waals surface area contributed by atoms with E-state index in [4.69, 9.17) is 4.74 Å². The molecule has 3 nitrogen and oxygen atoms in total.